The van der Waals surface area contributed by atoms with Crippen LogP contribution in [0.4, 0.5) is 8.78 Å². The van der Waals surface area contributed by atoms with Gasteiger partial charge in [0.2, 0.25) is 0 Å². The molecule has 0 aliphatic carbocycles. The molecule has 3 nitrogen and oxygen atoms in total. The SMILES string of the molecule is N#CCc1ccc2c(c1)OC(=C(F)F)O2. The van der Waals surface area contributed by atoms with E-state index in [1.54, 1.807) is 6.07 Å². The molecular weight excluding hydrogens is 204 g/mol. The first kappa shape index (κ1) is 9.46. The molecule has 1 aromatic rings. The molecule has 0 bridgehead atoms. The third-order valence-corrected chi connectivity index (χ3v) is 1.85. The summed E-state index contributed by atoms with van der Waals surface area (Å²) >= 11 is 0. The molecule has 1 heterocycles. The van der Waals surface area contributed by atoms with Crippen molar-refractivity contribution in [2.45, 2.75) is 6.42 Å². The van der Waals surface area contributed by atoms with E-state index in [0.29, 0.717) is 5.56 Å². The summed E-state index contributed by atoms with van der Waals surface area (Å²) in [6, 6.07) is 6.59. The molecule has 0 unspecified atom stereocenters. The Morgan fingerprint density at radius 2 is 2.00 bits per heavy atom. The second-order valence-corrected chi connectivity index (χ2v) is 2.87. The van der Waals surface area contributed by atoms with Gasteiger partial charge in [-0.2, -0.15) is 14.0 Å². The Labute approximate surface area is 84.1 Å². The number of ether oxygens (including phenoxy) is 2. The van der Waals surface area contributed by atoms with Crippen LogP contribution in [0, 0.1) is 11.3 Å². The predicted molar refractivity (Wildman–Crippen MR) is 46.3 cm³/mol. The topological polar surface area (TPSA) is 42.2 Å². The second kappa shape index (κ2) is 3.58. The van der Waals surface area contributed by atoms with Crippen molar-refractivity contribution in [2.24, 2.45) is 0 Å². The van der Waals surface area contributed by atoms with Crippen molar-refractivity contribution in [3.63, 3.8) is 0 Å². The van der Waals surface area contributed by atoms with Gasteiger partial charge in [0, 0.05) is 0 Å². The van der Waals surface area contributed by atoms with Crippen LogP contribution in [0.1, 0.15) is 5.56 Å². The quantitative estimate of drug-likeness (QED) is 0.713. The third kappa shape index (κ3) is 1.74. The summed E-state index contributed by atoms with van der Waals surface area (Å²) in [5, 5.41) is 8.46. The lowest BCUT2D eigenvalue weighted by molar-refractivity contribution is 0.229. The average Bonchev–Trinajstić information content (AvgIpc) is 2.61. The summed E-state index contributed by atoms with van der Waals surface area (Å²) < 4.78 is 33.7. The van der Waals surface area contributed by atoms with Crippen molar-refractivity contribution >= 4 is 0 Å². The van der Waals surface area contributed by atoms with Gasteiger partial charge in [-0.25, -0.2) is 0 Å². The molecule has 0 saturated carbocycles. The summed E-state index contributed by atoms with van der Waals surface area (Å²) in [5.41, 5.74) is 0.695. The van der Waals surface area contributed by atoms with Crippen LogP contribution in [0.5, 0.6) is 11.5 Å². The Bertz CT molecular complexity index is 473. The van der Waals surface area contributed by atoms with E-state index in [2.05, 4.69) is 0 Å². The summed E-state index contributed by atoms with van der Waals surface area (Å²) in [6.45, 7) is 0. The molecule has 1 aromatic carbocycles. The minimum atomic E-state index is -2.01. The zero-order chi connectivity index (χ0) is 10.8. The van der Waals surface area contributed by atoms with Gasteiger partial charge >= 0.3 is 12.0 Å². The molecule has 0 fully saturated rings. The number of rotatable bonds is 1. The Morgan fingerprint density at radius 3 is 2.67 bits per heavy atom. The Morgan fingerprint density at radius 1 is 1.27 bits per heavy atom. The van der Waals surface area contributed by atoms with Gasteiger partial charge in [-0.1, -0.05) is 6.07 Å². The molecule has 1 aliphatic heterocycles. The van der Waals surface area contributed by atoms with E-state index in [9.17, 15) is 8.78 Å². The lowest BCUT2D eigenvalue weighted by Gasteiger charge is -1.96. The van der Waals surface area contributed by atoms with E-state index >= 15 is 0 Å². The standard InChI is InChI=1S/C10H5F2NO2/c11-9(12)10-14-7-2-1-6(3-4-13)5-8(7)15-10/h1-2,5H,3H2. The maximum absolute atomic E-state index is 12.1. The van der Waals surface area contributed by atoms with Crippen molar-refractivity contribution < 1.29 is 18.3 Å². The molecule has 2 rings (SSSR count). The monoisotopic (exact) mass is 209 g/mol. The zero-order valence-electron chi connectivity index (χ0n) is 7.46. The van der Waals surface area contributed by atoms with Crippen LogP contribution in [0.15, 0.2) is 30.2 Å². The summed E-state index contributed by atoms with van der Waals surface area (Å²) in [4.78, 5) is 0. The fourth-order valence-corrected chi connectivity index (χ4v) is 1.22. The number of fused-ring (bicyclic) bond motifs is 1. The number of halogens is 2. The van der Waals surface area contributed by atoms with Gasteiger partial charge in [0.1, 0.15) is 0 Å². The van der Waals surface area contributed by atoms with Gasteiger partial charge in [0.05, 0.1) is 12.5 Å². The maximum Gasteiger partial charge on any atom is 0.359 e. The van der Waals surface area contributed by atoms with Crippen LogP contribution in [0.25, 0.3) is 0 Å². The van der Waals surface area contributed by atoms with Gasteiger partial charge in [-0.15, -0.1) is 0 Å². The predicted octanol–water partition coefficient (Wildman–Crippen LogP) is 2.59. The number of hydrogen-bond donors (Lipinski definition) is 0. The molecule has 1 aliphatic rings. The molecule has 5 heteroatoms. The molecule has 0 atom stereocenters. The van der Waals surface area contributed by atoms with Gasteiger partial charge in [-0.3, -0.25) is 0 Å². The molecule has 0 saturated heterocycles. The van der Waals surface area contributed by atoms with Crippen LogP contribution >= 0.6 is 0 Å². The molecule has 0 N–H and O–H groups in total. The van der Waals surface area contributed by atoms with Crippen LogP contribution < -0.4 is 9.47 Å². The largest absolute Gasteiger partial charge is 0.418 e. The fraction of sp³-hybridized carbons (Fsp3) is 0.100. The van der Waals surface area contributed by atoms with E-state index in [-0.39, 0.29) is 17.9 Å². The van der Waals surface area contributed by atoms with Crippen LogP contribution in [-0.2, 0) is 6.42 Å². The van der Waals surface area contributed by atoms with Gasteiger partial charge in [-0.05, 0) is 17.7 Å². The Hall–Kier alpha value is -2.09. The molecule has 0 spiro atoms. The van der Waals surface area contributed by atoms with Gasteiger partial charge in [0.25, 0.3) is 0 Å². The molecule has 0 aromatic heterocycles. The van der Waals surface area contributed by atoms with Crippen molar-refractivity contribution in [3.8, 4) is 17.6 Å². The minimum absolute atomic E-state index is 0.202. The average molecular weight is 209 g/mol. The highest BCUT2D eigenvalue weighted by Crippen LogP contribution is 2.38. The summed E-state index contributed by atoms with van der Waals surface area (Å²) in [5.74, 6) is -0.343. The van der Waals surface area contributed by atoms with Crippen molar-refractivity contribution in [2.75, 3.05) is 0 Å². The summed E-state index contributed by atoms with van der Waals surface area (Å²) in [6.07, 6.45) is -1.80. The van der Waals surface area contributed by atoms with E-state index < -0.39 is 12.0 Å². The summed E-state index contributed by atoms with van der Waals surface area (Å²) in [7, 11) is 0. The van der Waals surface area contributed by atoms with Crippen LogP contribution in [0.3, 0.4) is 0 Å². The molecule has 15 heavy (non-hydrogen) atoms. The highest BCUT2D eigenvalue weighted by Gasteiger charge is 2.23. The normalized spacial score (nSPS) is 12.5. The fourth-order valence-electron chi connectivity index (χ4n) is 1.22. The lowest BCUT2D eigenvalue weighted by Crippen LogP contribution is -1.94. The number of nitrogens with zero attached hydrogens (tertiary/aromatic N) is 1. The first-order chi connectivity index (χ1) is 7.20. The van der Waals surface area contributed by atoms with E-state index in [4.69, 9.17) is 14.7 Å². The molecule has 76 valence electrons. The van der Waals surface area contributed by atoms with E-state index in [0.717, 1.165) is 0 Å². The van der Waals surface area contributed by atoms with E-state index in [1.807, 2.05) is 6.07 Å². The van der Waals surface area contributed by atoms with Crippen LogP contribution in [0.2, 0.25) is 0 Å². The Balaban J connectivity index is 2.32. The Kier molecular flexibility index (Phi) is 2.26. The van der Waals surface area contributed by atoms with Crippen molar-refractivity contribution in [3.05, 3.63) is 35.8 Å². The zero-order valence-corrected chi connectivity index (χ0v) is 7.46. The minimum Gasteiger partial charge on any atom is -0.418 e. The first-order valence-electron chi connectivity index (χ1n) is 4.11. The second-order valence-electron chi connectivity index (χ2n) is 2.87. The smallest absolute Gasteiger partial charge is 0.359 e. The van der Waals surface area contributed by atoms with Crippen molar-refractivity contribution in [1.29, 1.82) is 5.26 Å². The maximum atomic E-state index is 12.1. The molecule has 0 amide bonds. The highest BCUT2D eigenvalue weighted by atomic mass is 19.3. The van der Waals surface area contributed by atoms with Crippen LogP contribution in [-0.4, -0.2) is 0 Å². The van der Waals surface area contributed by atoms with E-state index in [1.165, 1.54) is 12.1 Å². The number of nitriles is 1. The van der Waals surface area contributed by atoms with Gasteiger partial charge in [0.15, 0.2) is 11.5 Å². The van der Waals surface area contributed by atoms with Gasteiger partial charge < -0.3 is 9.47 Å². The third-order valence-electron chi connectivity index (χ3n) is 1.85. The number of benzene rings is 1. The van der Waals surface area contributed by atoms with Crippen molar-refractivity contribution in [1.82, 2.24) is 0 Å². The molecular formula is C10H5F2NO2. The highest BCUT2D eigenvalue weighted by molar-refractivity contribution is 5.47. The first-order valence-corrected chi connectivity index (χ1v) is 4.11. The lowest BCUT2D eigenvalue weighted by atomic mass is 10.1. The number of hydrogen-bond acceptors (Lipinski definition) is 3. The molecule has 0 radical (unpaired) electrons.